The number of fused-ring (bicyclic) bond motifs is 1. The molecule has 5 nitrogen and oxygen atoms in total. The first-order valence-corrected chi connectivity index (χ1v) is 8.05. The summed E-state index contributed by atoms with van der Waals surface area (Å²) in [5, 5.41) is 3.17. The zero-order chi connectivity index (χ0) is 15.6. The Morgan fingerprint density at radius 2 is 2.04 bits per heavy atom. The van der Waals surface area contributed by atoms with Gasteiger partial charge in [-0.3, -0.25) is 4.57 Å². The molecule has 0 atom stereocenters. The van der Waals surface area contributed by atoms with Gasteiger partial charge in [0.15, 0.2) is 11.6 Å². The van der Waals surface area contributed by atoms with Gasteiger partial charge in [0.25, 0.3) is 0 Å². The van der Waals surface area contributed by atoms with Gasteiger partial charge < -0.3 is 4.74 Å². The highest BCUT2D eigenvalue weighted by Crippen LogP contribution is 2.36. The van der Waals surface area contributed by atoms with Gasteiger partial charge in [-0.25, -0.2) is 15.0 Å². The SMILES string of the molecule is COCc1nc(-n2ccnc2)c2c(-c3ccccc3)csc2n1. The van der Waals surface area contributed by atoms with Crippen LogP contribution in [0.3, 0.4) is 0 Å². The second-order valence-electron chi connectivity index (χ2n) is 5.06. The van der Waals surface area contributed by atoms with Crippen LogP contribution in [0.4, 0.5) is 0 Å². The minimum absolute atomic E-state index is 0.385. The fourth-order valence-electron chi connectivity index (χ4n) is 2.56. The molecular formula is C17H14N4OS. The zero-order valence-corrected chi connectivity index (χ0v) is 13.3. The van der Waals surface area contributed by atoms with Crippen LogP contribution < -0.4 is 0 Å². The summed E-state index contributed by atoms with van der Waals surface area (Å²) in [6.07, 6.45) is 5.40. The maximum absolute atomic E-state index is 5.20. The summed E-state index contributed by atoms with van der Waals surface area (Å²) in [5.41, 5.74) is 2.29. The van der Waals surface area contributed by atoms with Gasteiger partial charge in [-0.1, -0.05) is 30.3 Å². The summed E-state index contributed by atoms with van der Waals surface area (Å²) in [5.74, 6) is 1.50. The van der Waals surface area contributed by atoms with Gasteiger partial charge in [-0.05, 0) is 5.56 Å². The summed E-state index contributed by atoms with van der Waals surface area (Å²) in [6.45, 7) is 0.385. The van der Waals surface area contributed by atoms with E-state index < -0.39 is 0 Å². The van der Waals surface area contributed by atoms with Gasteiger partial charge in [-0.2, -0.15) is 0 Å². The molecule has 3 aromatic heterocycles. The van der Waals surface area contributed by atoms with E-state index in [9.17, 15) is 0 Å². The lowest BCUT2D eigenvalue weighted by Gasteiger charge is -2.08. The molecule has 0 aliphatic heterocycles. The number of hydrogen-bond acceptors (Lipinski definition) is 5. The maximum Gasteiger partial charge on any atom is 0.158 e. The standard InChI is InChI=1S/C17H14N4OS/c1-22-9-14-19-16(21-8-7-18-11-21)15-13(10-23-17(15)20-14)12-5-3-2-4-6-12/h2-8,10-11H,9H2,1H3. The largest absolute Gasteiger partial charge is 0.377 e. The molecule has 0 radical (unpaired) electrons. The lowest BCUT2D eigenvalue weighted by molar-refractivity contribution is 0.178. The average molecular weight is 322 g/mol. The molecule has 3 heterocycles. The van der Waals surface area contributed by atoms with Crippen LogP contribution in [0.5, 0.6) is 0 Å². The van der Waals surface area contributed by atoms with Crippen molar-refractivity contribution in [3.05, 3.63) is 60.3 Å². The lowest BCUT2D eigenvalue weighted by atomic mass is 10.1. The topological polar surface area (TPSA) is 52.8 Å². The van der Waals surface area contributed by atoms with Crippen molar-refractivity contribution < 1.29 is 4.74 Å². The Labute approximate surface area is 137 Å². The molecule has 0 amide bonds. The van der Waals surface area contributed by atoms with E-state index in [-0.39, 0.29) is 0 Å². The van der Waals surface area contributed by atoms with Crippen molar-refractivity contribution in [2.24, 2.45) is 0 Å². The van der Waals surface area contributed by atoms with Crippen molar-refractivity contribution in [1.82, 2.24) is 19.5 Å². The van der Waals surface area contributed by atoms with Crippen LogP contribution in [0.2, 0.25) is 0 Å². The predicted octanol–water partition coefficient (Wildman–Crippen LogP) is 3.69. The molecular weight excluding hydrogens is 308 g/mol. The molecule has 0 unspecified atom stereocenters. The smallest absolute Gasteiger partial charge is 0.158 e. The van der Waals surface area contributed by atoms with Gasteiger partial charge in [0.05, 0.1) is 5.39 Å². The summed E-state index contributed by atoms with van der Waals surface area (Å²) >= 11 is 1.62. The predicted molar refractivity (Wildman–Crippen MR) is 90.7 cm³/mol. The fraction of sp³-hybridized carbons (Fsp3) is 0.118. The second kappa shape index (κ2) is 5.91. The number of imidazole rings is 1. The van der Waals surface area contributed by atoms with E-state index in [0.717, 1.165) is 27.2 Å². The molecule has 0 N–H and O–H groups in total. The van der Waals surface area contributed by atoms with E-state index in [1.807, 2.05) is 29.0 Å². The van der Waals surface area contributed by atoms with E-state index in [4.69, 9.17) is 4.74 Å². The van der Waals surface area contributed by atoms with Crippen LogP contribution >= 0.6 is 11.3 Å². The minimum Gasteiger partial charge on any atom is -0.377 e. The Morgan fingerprint density at radius 3 is 2.78 bits per heavy atom. The number of methoxy groups -OCH3 is 1. The molecule has 0 aliphatic carbocycles. The van der Waals surface area contributed by atoms with Crippen molar-refractivity contribution >= 4 is 21.6 Å². The highest BCUT2D eigenvalue weighted by atomic mass is 32.1. The van der Waals surface area contributed by atoms with Crippen molar-refractivity contribution in [2.45, 2.75) is 6.61 Å². The highest BCUT2D eigenvalue weighted by molar-refractivity contribution is 7.17. The molecule has 23 heavy (non-hydrogen) atoms. The first kappa shape index (κ1) is 14.0. The van der Waals surface area contributed by atoms with Gasteiger partial charge >= 0.3 is 0 Å². The Bertz CT molecular complexity index is 932. The van der Waals surface area contributed by atoms with E-state index in [1.54, 1.807) is 31.0 Å². The summed E-state index contributed by atoms with van der Waals surface area (Å²) in [6, 6.07) is 10.3. The number of nitrogens with zero attached hydrogens (tertiary/aromatic N) is 4. The van der Waals surface area contributed by atoms with E-state index >= 15 is 0 Å². The Hall–Kier alpha value is -2.57. The lowest BCUT2D eigenvalue weighted by Crippen LogP contribution is -2.03. The number of aromatic nitrogens is 4. The van der Waals surface area contributed by atoms with Crippen LogP contribution in [0.25, 0.3) is 27.2 Å². The average Bonchev–Trinajstić information content (AvgIpc) is 3.25. The molecule has 0 bridgehead atoms. The van der Waals surface area contributed by atoms with Crippen molar-refractivity contribution in [2.75, 3.05) is 7.11 Å². The van der Waals surface area contributed by atoms with Crippen molar-refractivity contribution in [3.63, 3.8) is 0 Å². The minimum atomic E-state index is 0.385. The third kappa shape index (κ3) is 2.52. The quantitative estimate of drug-likeness (QED) is 0.575. The molecule has 1 aromatic carbocycles. The van der Waals surface area contributed by atoms with Crippen LogP contribution in [0.1, 0.15) is 5.82 Å². The van der Waals surface area contributed by atoms with Crippen LogP contribution in [-0.2, 0) is 11.3 Å². The molecule has 0 aliphatic rings. The Balaban J connectivity index is 2.01. The Morgan fingerprint density at radius 1 is 1.17 bits per heavy atom. The third-order valence-electron chi connectivity index (χ3n) is 3.57. The first-order chi connectivity index (χ1) is 11.4. The third-order valence-corrected chi connectivity index (χ3v) is 4.44. The molecule has 0 saturated carbocycles. The first-order valence-electron chi connectivity index (χ1n) is 7.17. The number of thiophene rings is 1. The summed E-state index contributed by atoms with van der Waals surface area (Å²) in [4.78, 5) is 14.4. The van der Waals surface area contributed by atoms with E-state index in [2.05, 4.69) is 32.5 Å². The monoisotopic (exact) mass is 322 g/mol. The normalized spacial score (nSPS) is 11.2. The van der Waals surface area contributed by atoms with Crippen LogP contribution in [-0.4, -0.2) is 26.6 Å². The highest BCUT2D eigenvalue weighted by Gasteiger charge is 2.16. The molecule has 6 heteroatoms. The molecule has 4 aromatic rings. The van der Waals surface area contributed by atoms with Crippen LogP contribution in [0, 0.1) is 0 Å². The molecule has 4 rings (SSSR count). The maximum atomic E-state index is 5.20. The number of benzene rings is 1. The van der Waals surface area contributed by atoms with Gasteiger partial charge in [0.1, 0.15) is 17.8 Å². The van der Waals surface area contributed by atoms with Crippen molar-refractivity contribution in [1.29, 1.82) is 0 Å². The summed E-state index contributed by atoms with van der Waals surface area (Å²) < 4.78 is 7.11. The molecule has 0 spiro atoms. The Kier molecular flexibility index (Phi) is 3.61. The fourth-order valence-corrected chi connectivity index (χ4v) is 3.52. The molecule has 114 valence electrons. The van der Waals surface area contributed by atoms with Gasteiger partial charge in [-0.15, -0.1) is 11.3 Å². The van der Waals surface area contributed by atoms with E-state index in [0.29, 0.717) is 12.4 Å². The van der Waals surface area contributed by atoms with Gasteiger partial charge in [0.2, 0.25) is 0 Å². The zero-order valence-electron chi connectivity index (χ0n) is 12.5. The molecule has 0 fully saturated rings. The number of rotatable bonds is 4. The second-order valence-corrected chi connectivity index (χ2v) is 5.92. The van der Waals surface area contributed by atoms with Crippen molar-refractivity contribution in [3.8, 4) is 16.9 Å². The van der Waals surface area contributed by atoms with Gasteiger partial charge in [0, 0.05) is 30.4 Å². The number of hydrogen-bond donors (Lipinski definition) is 0. The summed E-state index contributed by atoms with van der Waals surface area (Å²) in [7, 11) is 1.65. The molecule has 0 saturated heterocycles. The van der Waals surface area contributed by atoms with Crippen LogP contribution in [0.15, 0.2) is 54.4 Å². The van der Waals surface area contributed by atoms with E-state index in [1.165, 1.54) is 0 Å². The number of ether oxygens (including phenoxy) is 1.